The summed E-state index contributed by atoms with van der Waals surface area (Å²) in [6.45, 7) is 2.29. The Balaban J connectivity index is 1.95. The van der Waals surface area contributed by atoms with Gasteiger partial charge in [0.15, 0.2) is 0 Å². The van der Waals surface area contributed by atoms with E-state index in [1.807, 2.05) is 0 Å². The Morgan fingerprint density at radius 3 is 2.86 bits per heavy atom. The predicted molar refractivity (Wildman–Crippen MR) is 59.4 cm³/mol. The Morgan fingerprint density at radius 2 is 2.21 bits per heavy atom. The lowest BCUT2D eigenvalue weighted by molar-refractivity contribution is 0.349. The van der Waals surface area contributed by atoms with Crippen LogP contribution in [0.4, 0.5) is 11.1 Å². The van der Waals surface area contributed by atoms with Gasteiger partial charge in [-0.2, -0.15) is 9.36 Å². The van der Waals surface area contributed by atoms with Gasteiger partial charge in [-0.25, -0.2) is 0 Å². The molecule has 0 aromatic carbocycles. The molecule has 0 spiro atoms. The molecule has 5 heteroatoms. The van der Waals surface area contributed by atoms with Gasteiger partial charge in [-0.15, -0.1) is 0 Å². The summed E-state index contributed by atoms with van der Waals surface area (Å²) in [5.41, 5.74) is 5.47. The first-order valence-corrected chi connectivity index (χ1v) is 5.89. The largest absolute Gasteiger partial charge is 0.367 e. The highest BCUT2D eigenvalue weighted by Crippen LogP contribution is 2.27. The lowest BCUT2D eigenvalue weighted by atomic mass is 9.86. The van der Waals surface area contributed by atoms with Gasteiger partial charge in [-0.1, -0.05) is 19.8 Å². The number of nitrogens with zero attached hydrogens (tertiary/aromatic N) is 2. The first-order valence-electron chi connectivity index (χ1n) is 5.11. The second kappa shape index (κ2) is 4.13. The van der Waals surface area contributed by atoms with E-state index in [2.05, 4.69) is 21.6 Å². The van der Waals surface area contributed by atoms with Gasteiger partial charge in [-0.05, 0) is 18.8 Å². The average molecular weight is 212 g/mol. The molecule has 0 radical (unpaired) electrons. The van der Waals surface area contributed by atoms with Gasteiger partial charge >= 0.3 is 0 Å². The van der Waals surface area contributed by atoms with E-state index < -0.39 is 0 Å². The Bertz CT molecular complexity index is 299. The van der Waals surface area contributed by atoms with Crippen LogP contribution >= 0.6 is 11.5 Å². The molecule has 0 aliphatic heterocycles. The maximum atomic E-state index is 5.47. The highest BCUT2D eigenvalue weighted by atomic mass is 32.1. The third kappa shape index (κ3) is 2.15. The molecule has 1 aromatic heterocycles. The molecule has 2 rings (SSSR count). The van der Waals surface area contributed by atoms with Crippen molar-refractivity contribution in [1.82, 2.24) is 9.36 Å². The van der Waals surface area contributed by atoms with Crippen LogP contribution in [0.5, 0.6) is 0 Å². The number of hydrogen-bond acceptors (Lipinski definition) is 5. The minimum atomic E-state index is 0.376. The SMILES string of the molecule is CC1CCCCC1Nc1nc(N)ns1. The maximum Gasteiger partial charge on any atom is 0.233 e. The standard InChI is InChI=1S/C9H16N4S/c1-6-4-2-3-5-7(6)11-9-12-8(10)13-14-9/h6-7H,2-5H2,1H3,(H3,10,11,12,13). The highest BCUT2D eigenvalue weighted by Gasteiger charge is 2.21. The van der Waals surface area contributed by atoms with Crippen LogP contribution in [0, 0.1) is 5.92 Å². The molecule has 1 aliphatic carbocycles. The topological polar surface area (TPSA) is 63.8 Å². The van der Waals surface area contributed by atoms with Crippen molar-refractivity contribution in [2.45, 2.75) is 38.6 Å². The summed E-state index contributed by atoms with van der Waals surface area (Å²) < 4.78 is 3.95. The maximum absolute atomic E-state index is 5.47. The van der Waals surface area contributed by atoms with Crippen molar-refractivity contribution in [2.24, 2.45) is 5.92 Å². The van der Waals surface area contributed by atoms with Crippen molar-refractivity contribution in [3.05, 3.63) is 0 Å². The molecule has 1 saturated carbocycles. The van der Waals surface area contributed by atoms with Crippen LogP contribution in [-0.2, 0) is 0 Å². The Morgan fingerprint density at radius 1 is 1.43 bits per heavy atom. The van der Waals surface area contributed by atoms with Crippen LogP contribution < -0.4 is 11.1 Å². The van der Waals surface area contributed by atoms with Gasteiger partial charge in [0.25, 0.3) is 0 Å². The number of nitrogens with one attached hydrogen (secondary N) is 1. The van der Waals surface area contributed by atoms with Gasteiger partial charge in [-0.3, -0.25) is 0 Å². The molecule has 1 aliphatic rings. The molecule has 1 heterocycles. The molecule has 1 aromatic rings. The summed E-state index contributed by atoms with van der Waals surface area (Å²) in [6, 6.07) is 0.552. The molecule has 14 heavy (non-hydrogen) atoms. The summed E-state index contributed by atoms with van der Waals surface area (Å²) >= 11 is 1.35. The molecular weight excluding hydrogens is 196 g/mol. The molecule has 0 amide bonds. The highest BCUT2D eigenvalue weighted by molar-refractivity contribution is 7.09. The van der Waals surface area contributed by atoms with E-state index in [1.54, 1.807) is 0 Å². The number of nitrogen functional groups attached to an aromatic ring is 1. The minimum Gasteiger partial charge on any atom is -0.367 e. The van der Waals surface area contributed by atoms with Gasteiger partial charge in [0.05, 0.1) is 0 Å². The van der Waals surface area contributed by atoms with E-state index in [1.165, 1.54) is 37.2 Å². The fourth-order valence-corrected chi connectivity index (χ4v) is 2.54. The summed E-state index contributed by atoms with van der Waals surface area (Å²) in [5, 5.41) is 4.28. The third-order valence-electron chi connectivity index (χ3n) is 2.86. The van der Waals surface area contributed by atoms with E-state index in [0.29, 0.717) is 12.0 Å². The molecule has 3 N–H and O–H groups in total. The molecular formula is C9H16N4S. The third-order valence-corrected chi connectivity index (χ3v) is 3.52. The molecule has 0 saturated heterocycles. The van der Waals surface area contributed by atoms with Crippen LogP contribution in [-0.4, -0.2) is 15.4 Å². The first kappa shape index (κ1) is 9.71. The van der Waals surface area contributed by atoms with Crippen molar-refractivity contribution >= 4 is 22.6 Å². The number of hydrogen-bond donors (Lipinski definition) is 2. The van der Waals surface area contributed by atoms with Gasteiger partial charge in [0.1, 0.15) is 0 Å². The van der Waals surface area contributed by atoms with Crippen LogP contribution in [0.3, 0.4) is 0 Å². The van der Waals surface area contributed by atoms with E-state index in [4.69, 9.17) is 5.73 Å². The normalized spacial score (nSPS) is 27.5. The fraction of sp³-hybridized carbons (Fsp3) is 0.778. The van der Waals surface area contributed by atoms with Crippen LogP contribution in [0.1, 0.15) is 32.6 Å². The Labute approximate surface area is 88.1 Å². The van der Waals surface area contributed by atoms with Crippen molar-refractivity contribution in [3.8, 4) is 0 Å². The fourth-order valence-electron chi connectivity index (χ4n) is 1.98. The molecule has 2 atom stereocenters. The average Bonchev–Trinajstić information content (AvgIpc) is 2.56. The van der Waals surface area contributed by atoms with Crippen LogP contribution in [0.15, 0.2) is 0 Å². The lowest BCUT2D eigenvalue weighted by Crippen LogP contribution is -2.30. The smallest absolute Gasteiger partial charge is 0.233 e. The van der Waals surface area contributed by atoms with Crippen LogP contribution in [0.25, 0.3) is 0 Å². The zero-order chi connectivity index (χ0) is 9.97. The molecule has 4 nitrogen and oxygen atoms in total. The zero-order valence-electron chi connectivity index (χ0n) is 8.36. The van der Waals surface area contributed by atoms with Crippen molar-refractivity contribution in [3.63, 3.8) is 0 Å². The number of anilines is 2. The monoisotopic (exact) mass is 212 g/mol. The zero-order valence-corrected chi connectivity index (χ0v) is 9.18. The summed E-state index contributed by atoms with van der Waals surface area (Å²) in [6.07, 6.45) is 5.22. The van der Waals surface area contributed by atoms with Crippen molar-refractivity contribution < 1.29 is 0 Å². The molecule has 1 fully saturated rings. The quantitative estimate of drug-likeness (QED) is 0.788. The lowest BCUT2D eigenvalue weighted by Gasteiger charge is -2.29. The second-order valence-corrected chi connectivity index (χ2v) is 4.72. The predicted octanol–water partition coefficient (Wildman–Crippen LogP) is 2.11. The molecule has 2 unspecified atom stereocenters. The van der Waals surface area contributed by atoms with Gasteiger partial charge in [0, 0.05) is 17.6 Å². The second-order valence-electron chi connectivity index (χ2n) is 3.97. The summed E-state index contributed by atoms with van der Waals surface area (Å²) in [4.78, 5) is 4.11. The Kier molecular flexibility index (Phi) is 2.86. The van der Waals surface area contributed by atoms with E-state index >= 15 is 0 Å². The summed E-state index contributed by atoms with van der Waals surface area (Å²) in [7, 11) is 0. The molecule has 0 bridgehead atoms. The van der Waals surface area contributed by atoms with Gasteiger partial charge in [0.2, 0.25) is 11.1 Å². The van der Waals surface area contributed by atoms with Crippen molar-refractivity contribution in [1.29, 1.82) is 0 Å². The van der Waals surface area contributed by atoms with Crippen LogP contribution in [0.2, 0.25) is 0 Å². The molecule has 78 valence electrons. The van der Waals surface area contributed by atoms with Gasteiger partial charge < -0.3 is 11.1 Å². The minimum absolute atomic E-state index is 0.376. The van der Waals surface area contributed by atoms with E-state index in [0.717, 1.165) is 11.0 Å². The van der Waals surface area contributed by atoms with E-state index in [-0.39, 0.29) is 0 Å². The van der Waals surface area contributed by atoms with Crippen molar-refractivity contribution in [2.75, 3.05) is 11.1 Å². The number of nitrogens with two attached hydrogens (primary N) is 1. The summed E-state index contributed by atoms with van der Waals surface area (Å²) in [5.74, 6) is 1.11. The Hall–Kier alpha value is -0.840. The van der Waals surface area contributed by atoms with E-state index in [9.17, 15) is 0 Å². The number of aromatic nitrogens is 2. The first-order chi connectivity index (χ1) is 6.75. The number of rotatable bonds is 2.